The number of para-hydroxylation sites is 2. The number of imidazole rings is 1. The van der Waals surface area contributed by atoms with E-state index >= 15 is 0 Å². The zero-order valence-electron chi connectivity index (χ0n) is 18.3. The van der Waals surface area contributed by atoms with Crippen LogP contribution in [0.4, 0.5) is 0 Å². The minimum absolute atomic E-state index is 0.361. The number of rotatable bonds is 10. The fourth-order valence-electron chi connectivity index (χ4n) is 4.49. The fraction of sp³-hybridized carbons (Fsp3) is 0.652. The monoisotopic (exact) mass is 399 g/mol. The average Bonchev–Trinajstić information content (AvgIpc) is 3.32. The van der Waals surface area contributed by atoms with Crippen molar-refractivity contribution in [3.8, 4) is 0 Å². The molecule has 1 aromatic carbocycles. The number of aliphatic imine (C=N–C) groups is 1. The maximum atomic E-state index is 5.63. The van der Waals surface area contributed by atoms with Crippen LogP contribution in [0.1, 0.15) is 51.3 Å². The molecule has 0 aliphatic heterocycles. The van der Waals surface area contributed by atoms with Crippen LogP contribution in [0.3, 0.4) is 0 Å². The Labute approximate surface area is 175 Å². The normalized spacial score (nSPS) is 16.4. The summed E-state index contributed by atoms with van der Waals surface area (Å²) in [7, 11) is 1.85. The Morgan fingerprint density at radius 3 is 2.79 bits per heavy atom. The van der Waals surface area contributed by atoms with Crippen molar-refractivity contribution in [1.29, 1.82) is 0 Å². The number of fused-ring (bicyclic) bond motifs is 1. The lowest BCUT2D eigenvalue weighted by atomic mass is 9.83. The molecule has 0 amide bonds. The van der Waals surface area contributed by atoms with Crippen molar-refractivity contribution in [3.05, 3.63) is 30.1 Å². The van der Waals surface area contributed by atoms with Crippen LogP contribution in [0, 0.1) is 12.3 Å². The third kappa shape index (κ3) is 5.72. The molecule has 1 fully saturated rings. The molecule has 2 aromatic rings. The lowest BCUT2D eigenvalue weighted by Gasteiger charge is -2.30. The highest BCUT2D eigenvalue weighted by atomic mass is 16.5. The number of aryl methyl sites for hydroxylation is 2. The first-order valence-electron chi connectivity index (χ1n) is 11.1. The van der Waals surface area contributed by atoms with Crippen molar-refractivity contribution in [2.24, 2.45) is 10.4 Å². The van der Waals surface area contributed by atoms with Crippen molar-refractivity contribution in [3.63, 3.8) is 0 Å². The minimum Gasteiger partial charge on any atom is -0.382 e. The quantitative estimate of drug-likeness (QED) is 0.361. The van der Waals surface area contributed by atoms with Gasteiger partial charge in [-0.2, -0.15) is 0 Å². The molecule has 3 rings (SSSR count). The van der Waals surface area contributed by atoms with Gasteiger partial charge in [0.25, 0.3) is 0 Å². The van der Waals surface area contributed by atoms with Gasteiger partial charge in [0.05, 0.1) is 11.0 Å². The maximum absolute atomic E-state index is 5.63. The summed E-state index contributed by atoms with van der Waals surface area (Å²) >= 11 is 0. The van der Waals surface area contributed by atoms with Gasteiger partial charge >= 0.3 is 0 Å². The van der Waals surface area contributed by atoms with E-state index in [4.69, 9.17) is 4.74 Å². The van der Waals surface area contributed by atoms with E-state index in [0.717, 1.165) is 63.0 Å². The summed E-state index contributed by atoms with van der Waals surface area (Å²) in [4.78, 5) is 9.07. The summed E-state index contributed by atoms with van der Waals surface area (Å²) in [6, 6.07) is 8.34. The van der Waals surface area contributed by atoms with Gasteiger partial charge in [0.1, 0.15) is 5.82 Å². The number of benzene rings is 1. The van der Waals surface area contributed by atoms with Crippen molar-refractivity contribution in [2.75, 3.05) is 33.4 Å². The van der Waals surface area contributed by atoms with Gasteiger partial charge in [-0.1, -0.05) is 25.0 Å². The Kier molecular flexibility index (Phi) is 7.92. The van der Waals surface area contributed by atoms with E-state index in [1.807, 2.05) is 13.1 Å². The first-order valence-corrected chi connectivity index (χ1v) is 11.1. The van der Waals surface area contributed by atoms with Crippen LogP contribution < -0.4 is 10.6 Å². The zero-order chi connectivity index (χ0) is 20.5. The third-order valence-corrected chi connectivity index (χ3v) is 6.20. The summed E-state index contributed by atoms with van der Waals surface area (Å²) < 4.78 is 7.93. The SMILES string of the molecule is CCOCCC1(CNC(=NC)NCCCn2c(C)nc3ccccc32)CCCC1. The third-order valence-electron chi connectivity index (χ3n) is 6.20. The van der Waals surface area contributed by atoms with Crippen molar-refractivity contribution < 1.29 is 4.74 Å². The van der Waals surface area contributed by atoms with Gasteiger partial charge < -0.3 is 19.9 Å². The Morgan fingerprint density at radius 1 is 1.24 bits per heavy atom. The highest BCUT2D eigenvalue weighted by Gasteiger charge is 2.33. The van der Waals surface area contributed by atoms with E-state index < -0.39 is 0 Å². The molecule has 0 bridgehead atoms. The highest BCUT2D eigenvalue weighted by Crippen LogP contribution is 2.40. The molecule has 0 saturated heterocycles. The topological polar surface area (TPSA) is 63.5 Å². The standard InChI is InChI=1S/C23H37N5O/c1-4-29-17-14-23(12-7-8-13-23)18-26-22(24-3)25-15-9-16-28-19(2)27-20-10-5-6-11-21(20)28/h5-6,10-11H,4,7-9,12-18H2,1-3H3,(H2,24,25,26). The number of hydrogen-bond donors (Lipinski definition) is 2. The Bertz CT molecular complexity index is 792. The van der Waals surface area contributed by atoms with Gasteiger partial charge in [0.15, 0.2) is 5.96 Å². The fourth-order valence-corrected chi connectivity index (χ4v) is 4.49. The van der Waals surface area contributed by atoms with Crippen LogP contribution in [0.25, 0.3) is 11.0 Å². The van der Waals surface area contributed by atoms with E-state index in [2.05, 4.69) is 57.2 Å². The predicted molar refractivity (Wildman–Crippen MR) is 120 cm³/mol. The van der Waals surface area contributed by atoms with Crippen LogP contribution in [0.5, 0.6) is 0 Å². The molecule has 1 aliphatic carbocycles. The van der Waals surface area contributed by atoms with Gasteiger partial charge in [0.2, 0.25) is 0 Å². The second kappa shape index (κ2) is 10.6. The number of hydrogen-bond acceptors (Lipinski definition) is 3. The lowest BCUT2D eigenvalue weighted by molar-refractivity contribution is 0.105. The molecule has 2 N–H and O–H groups in total. The summed E-state index contributed by atoms with van der Waals surface area (Å²) in [5, 5.41) is 7.06. The number of guanidine groups is 1. The first kappa shape index (κ1) is 21.6. The summed E-state index contributed by atoms with van der Waals surface area (Å²) in [6.45, 7) is 8.63. The van der Waals surface area contributed by atoms with Crippen LogP contribution in [-0.4, -0.2) is 48.9 Å². The number of ether oxygens (including phenoxy) is 1. The van der Waals surface area contributed by atoms with Crippen molar-refractivity contribution in [1.82, 2.24) is 20.2 Å². The van der Waals surface area contributed by atoms with E-state index in [9.17, 15) is 0 Å². The second-order valence-electron chi connectivity index (χ2n) is 8.16. The van der Waals surface area contributed by atoms with E-state index in [-0.39, 0.29) is 0 Å². The highest BCUT2D eigenvalue weighted by molar-refractivity contribution is 5.79. The minimum atomic E-state index is 0.361. The Balaban J connectivity index is 1.45. The van der Waals surface area contributed by atoms with Gasteiger partial charge in [0, 0.05) is 39.9 Å². The van der Waals surface area contributed by atoms with Gasteiger partial charge in [-0.3, -0.25) is 4.99 Å². The molecule has 1 saturated carbocycles. The molecule has 1 aliphatic rings. The molecule has 6 nitrogen and oxygen atoms in total. The number of nitrogens with zero attached hydrogens (tertiary/aromatic N) is 3. The molecule has 6 heteroatoms. The lowest BCUT2D eigenvalue weighted by Crippen LogP contribution is -2.43. The number of nitrogens with one attached hydrogen (secondary N) is 2. The molecule has 160 valence electrons. The zero-order valence-corrected chi connectivity index (χ0v) is 18.3. The molecule has 0 atom stereocenters. The van der Waals surface area contributed by atoms with E-state index in [0.29, 0.717) is 5.41 Å². The Hall–Kier alpha value is -2.08. The molecule has 1 aromatic heterocycles. The average molecular weight is 400 g/mol. The first-order chi connectivity index (χ1) is 14.2. The van der Waals surface area contributed by atoms with Crippen LogP contribution in [-0.2, 0) is 11.3 Å². The van der Waals surface area contributed by atoms with Crippen LogP contribution in [0.2, 0.25) is 0 Å². The smallest absolute Gasteiger partial charge is 0.190 e. The van der Waals surface area contributed by atoms with E-state index in [1.54, 1.807) is 0 Å². The molecule has 0 unspecified atom stereocenters. The number of aromatic nitrogens is 2. The van der Waals surface area contributed by atoms with Gasteiger partial charge in [-0.25, -0.2) is 4.98 Å². The molecule has 0 spiro atoms. The predicted octanol–water partition coefficient (Wildman–Crippen LogP) is 3.89. The molecule has 29 heavy (non-hydrogen) atoms. The van der Waals surface area contributed by atoms with Crippen molar-refractivity contribution in [2.45, 2.75) is 58.9 Å². The van der Waals surface area contributed by atoms with E-state index in [1.165, 1.54) is 31.2 Å². The molecular weight excluding hydrogens is 362 g/mol. The van der Waals surface area contributed by atoms with Gasteiger partial charge in [-0.15, -0.1) is 0 Å². The van der Waals surface area contributed by atoms with Crippen molar-refractivity contribution >= 4 is 17.0 Å². The molecular formula is C23H37N5O. The summed E-state index contributed by atoms with van der Waals surface area (Å²) in [5.74, 6) is 1.98. The second-order valence-corrected chi connectivity index (χ2v) is 8.16. The van der Waals surface area contributed by atoms with Gasteiger partial charge in [-0.05, 0) is 57.1 Å². The molecule has 1 heterocycles. The largest absolute Gasteiger partial charge is 0.382 e. The van der Waals surface area contributed by atoms with Crippen LogP contribution >= 0.6 is 0 Å². The molecule has 0 radical (unpaired) electrons. The Morgan fingerprint density at radius 2 is 2.03 bits per heavy atom. The summed E-state index contributed by atoms with van der Waals surface area (Å²) in [5.41, 5.74) is 2.65. The summed E-state index contributed by atoms with van der Waals surface area (Å²) in [6.07, 6.45) is 7.40. The van der Waals surface area contributed by atoms with Crippen LogP contribution in [0.15, 0.2) is 29.3 Å². The maximum Gasteiger partial charge on any atom is 0.190 e.